The highest BCUT2D eigenvalue weighted by Gasteiger charge is 2.26. The van der Waals surface area contributed by atoms with Gasteiger partial charge in [0.2, 0.25) is 5.91 Å². The van der Waals surface area contributed by atoms with E-state index in [1.165, 1.54) is 0 Å². The standard InChI is InChI=1S/C16H26N2O/c1-5-13(4)18(16(19)15(17)12(2)3)11-14-9-7-6-8-10-14/h6-10,12-13,15H,5,11,17H2,1-4H3/t13?,15-/m0/s1. The molecule has 0 heterocycles. The second kappa shape index (κ2) is 7.29. The molecular formula is C16H26N2O. The number of nitrogens with two attached hydrogens (primary N) is 1. The maximum atomic E-state index is 12.5. The second-order valence-corrected chi connectivity index (χ2v) is 5.48. The van der Waals surface area contributed by atoms with E-state index in [1.54, 1.807) is 0 Å². The molecular weight excluding hydrogens is 236 g/mol. The lowest BCUT2D eigenvalue weighted by Gasteiger charge is -2.32. The highest BCUT2D eigenvalue weighted by atomic mass is 16.2. The fraction of sp³-hybridized carbons (Fsp3) is 0.562. The lowest BCUT2D eigenvalue weighted by Crippen LogP contribution is -2.49. The van der Waals surface area contributed by atoms with Gasteiger partial charge in [0.1, 0.15) is 0 Å². The summed E-state index contributed by atoms with van der Waals surface area (Å²) in [6.07, 6.45) is 0.934. The van der Waals surface area contributed by atoms with Gasteiger partial charge in [-0.3, -0.25) is 4.79 Å². The van der Waals surface area contributed by atoms with Gasteiger partial charge in [-0.25, -0.2) is 0 Å². The third kappa shape index (κ3) is 4.35. The zero-order chi connectivity index (χ0) is 14.4. The molecule has 0 aliphatic carbocycles. The Bertz CT molecular complexity index is 389. The molecule has 0 saturated heterocycles. The quantitative estimate of drug-likeness (QED) is 0.857. The van der Waals surface area contributed by atoms with Gasteiger partial charge < -0.3 is 10.6 Å². The summed E-state index contributed by atoms with van der Waals surface area (Å²) < 4.78 is 0. The smallest absolute Gasteiger partial charge is 0.240 e. The molecule has 3 heteroatoms. The minimum absolute atomic E-state index is 0.0493. The van der Waals surface area contributed by atoms with E-state index < -0.39 is 6.04 Å². The van der Waals surface area contributed by atoms with Crippen molar-refractivity contribution in [2.24, 2.45) is 11.7 Å². The van der Waals surface area contributed by atoms with Crippen LogP contribution in [0.15, 0.2) is 30.3 Å². The summed E-state index contributed by atoms with van der Waals surface area (Å²) in [5.74, 6) is 0.211. The number of hydrogen-bond donors (Lipinski definition) is 1. The third-order valence-electron chi connectivity index (χ3n) is 3.61. The number of hydrogen-bond acceptors (Lipinski definition) is 2. The van der Waals surface area contributed by atoms with Crippen molar-refractivity contribution in [3.63, 3.8) is 0 Å². The summed E-state index contributed by atoms with van der Waals surface area (Å²) in [5, 5.41) is 0. The van der Waals surface area contributed by atoms with Crippen LogP contribution < -0.4 is 5.73 Å². The van der Waals surface area contributed by atoms with E-state index in [9.17, 15) is 4.79 Å². The molecule has 19 heavy (non-hydrogen) atoms. The van der Waals surface area contributed by atoms with Crippen LogP contribution in [0.1, 0.15) is 39.7 Å². The van der Waals surface area contributed by atoms with E-state index in [-0.39, 0.29) is 17.9 Å². The predicted octanol–water partition coefficient (Wildman–Crippen LogP) is 2.80. The Morgan fingerprint density at radius 2 is 1.79 bits per heavy atom. The van der Waals surface area contributed by atoms with Crippen molar-refractivity contribution in [3.05, 3.63) is 35.9 Å². The first-order valence-electron chi connectivity index (χ1n) is 7.07. The van der Waals surface area contributed by atoms with Crippen LogP contribution in [-0.4, -0.2) is 22.9 Å². The SMILES string of the molecule is CCC(C)N(Cc1ccccc1)C(=O)[C@@H](N)C(C)C. The summed E-state index contributed by atoms with van der Waals surface area (Å²) in [4.78, 5) is 14.4. The summed E-state index contributed by atoms with van der Waals surface area (Å²) >= 11 is 0. The van der Waals surface area contributed by atoms with E-state index in [1.807, 2.05) is 49.1 Å². The molecule has 0 radical (unpaired) electrons. The molecule has 0 fully saturated rings. The summed E-state index contributed by atoms with van der Waals surface area (Å²) in [7, 11) is 0. The van der Waals surface area contributed by atoms with E-state index >= 15 is 0 Å². The largest absolute Gasteiger partial charge is 0.334 e. The zero-order valence-electron chi connectivity index (χ0n) is 12.5. The molecule has 1 rings (SSSR count). The molecule has 0 spiro atoms. The van der Waals surface area contributed by atoms with Gasteiger partial charge >= 0.3 is 0 Å². The molecule has 1 aromatic carbocycles. The maximum Gasteiger partial charge on any atom is 0.240 e. The number of carbonyl (C=O) groups is 1. The van der Waals surface area contributed by atoms with Gasteiger partial charge in [-0.1, -0.05) is 51.1 Å². The van der Waals surface area contributed by atoms with Crippen LogP contribution in [0.2, 0.25) is 0 Å². The lowest BCUT2D eigenvalue weighted by molar-refractivity contribution is -0.136. The van der Waals surface area contributed by atoms with Crippen molar-refractivity contribution >= 4 is 5.91 Å². The zero-order valence-corrected chi connectivity index (χ0v) is 12.5. The second-order valence-electron chi connectivity index (χ2n) is 5.48. The molecule has 0 bridgehead atoms. The summed E-state index contributed by atoms with van der Waals surface area (Å²) in [6, 6.07) is 9.86. The van der Waals surface area contributed by atoms with Crippen molar-refractivity contribution in [1.82, 2.24) is 4.90 Å². The van der Waals surface area contributed by atoms with E-state index in [0.717, 1.165) is 12.0 Å². The van der Waals surface area contributed by atoms with Crippen molar-refractivity contribution < 1.29 is 4.79 Å². The predicted molar refractivity (Wildman–Crippen MR) is 79.6 cm³/mol. The van der Waals surface area contributed by atoms with Crippen LogP contribution in [0.25, 0.3) is 0 Å². The van der Waals surface area contributed by atoms with Crippen molar-refractivity contribution in [3.8, 4) is 0 Å². The molecule has 106 valence electrons. The molecule has 0 aromatic heterocycles. The fourth-order valence-corrected chi connectivity index (χ4v) is 1.93. The monoisotopic (exact) mass is 262 g/mol. The van der Waals surface area contributed by atoms with Crippen LogP contribution in [-0.2, 0) is 11.3 Å². The molecule has 0 aliphatic rings. The molecule has 1 amide bonds. The fourth-order valence-electron chi connectivity index (χ4n) is 1.93. The van der Waals surface area contributed by atoms with Crippen LogP contribution in [0.5, 0.6) is 0 Å². The van der Waals surface area contributed by atoms with Crippen molar-refractivity contribution in [2.45, 2.75) is 52.7 Å². The highest BCUT2D eigenvalue weighted by Crippen LogP contribution is 2.14. The Morgan fingerprint density at radius 3 is 2.26 bits per heavy atom. The van der Waals surface area contributed by atoms with E-state index in [0.29, 0.717) is 6.54 Å². The Hall–Kier alpha value is -1.35. The Labute approximate surface area is 116 Å². The molecule has 2 atom stereocenters. The van der Waals surface area contributed by atoms with Crippen LogP contribution >= 0.6 is 0 Å². The van der Waals surface area contributed by atoms with Crippen LogP contribution in [0.4, 0.5) is 0 Å². The maximum absolute atomic E-state index is 12.5. The number of rotatable bonds is 6. The Morgan fingerprint density at radius 1 is 1.21 bits per heavy atom. The molecule has 2 N–H and O–H groups in total. The van der Waals surface area contributed by atoms with Crippen LogP contribution in [0.3, 0.4) is 0 Å². The van der Waals surface area contributed by atoms with Gasteiger partial charge in [-0.15, -0.1) is 0 Å². The van der Waals surface area contributed by atoms with Crippen molar-refractivity contribution in [1.29, 1.82) is 0 Å². The van der Waals surface area contributed by atoms with Crippen LogP contribution in [0, 0.1) is 5.92 Å². The molecule has 0 saturated carbocycles. The first-order valence-corrected chi connectivity index (χ1v) is 7.07. The highest BCUT2D eigenvalue weighted by molar-refractivity contribution is 5.82. The van der Waals surface area contributed by atoms with Gasteiger partial charge in [0.05, 0.1) is 6.04 Å². The number of nitrogens with zero attached hydrogens (tertiary/aromatic N) is 1. The minimum Gasteiger partial charge on any atom is -0.334 e. The number of amides is 1. The Kier molecular flexibility index (Phi) is 6.03. The average molecular weight is 262 g/mol. The number of carbonyl (C=O) groups excluding carboxylic acids is 1. The topological polar surface area (TPSA) is 46.3 Å². The van der Waals surface area contributed by atoms with Crippen molar-refractivity contribution in [2.75, 3.05) is 0 Å². The molecule has 3 nitrogen and oxygen atoms in total. The van der Waals surface area contributed by atoms with E-state index in [2.05, 4.69) is 13.8 Å². The van der Waals surface area contributed by atoms with Gasteiger partial charge in [0, 0.05) is 12.6 Å². The third-order valence-corrected chi connectivity index (χ3v) is 3.61. The lowest BCUT2D eigenvalue weighted by atomic mass is 10.0. The van der Waals surface area contributed by atoms with Gasteiger partial charge in [-0.2, -0.15) is 0 Å². The number of benzene rings is 1. The molecule has 1 unspecified atom stereocenters. The Balaban J connectivity index is 2.86. The van der Waals surface area contributed by atoms with Gasteiger partial charge in [0.25, 0.3) is 0 Å². The summed E-state index contributed by atoms with van der Waals surface area (Å²) in [5.41, 5.74) is 7.16. The normalized spacial score (nSPS) is 14.2. The van der Waals surface area contributed by atoms with E-state index in [4.69, 9.17) is 5.73 Å². The van der Waals surface area contributed by atoms with Gasteiger partial charge in [-0.05, 0) is 24.8 Å². The minimum atomic E-state index is -0.419. The first-order chi connectivity index (χ1) is 8.97. The molecule has 0 aliphatic heterocycles. The summed E-state index contributed by atoms with van der Waals surface area (Å²) in [6.45, 7) is 8.78. The molecule has 1 aromatic rings. The van der Waals surface area contributed by atoms with Gasteiger partial charge in [0.15, 0.2) is 0 Å². The first kappa shape index (κ1) is 15.7. The average Bonchev–Trinajstić information content (AvgIpc) is 2.43.